The summed E-state index contributed by atoms with van der Waals surface area (Å²) < 4.78 is 16.7. The Labute approximate surface area is 380 Å². The Kier molecular flexibility index (Phi) is 46.6. The van der Waals surface area contributed by atoms with Crippen molar-refractivity contribution in [2.24, 2.45) is 0 Å². The van der Waals surface area contributed by atoms with E-state index in [4.69, 9.17) is 14.2 Å². The van der Waals surface area contributed by atoms with Gasteiger partial charge in [0, 0.05) is 19.3 Å². The number of carbonyl (C=O) groups is 3. The number of hydrogen-bond donors (Lipinski definition) is 0. The van der Waals surface area contributed by atoms with Crippen LogP contribution in [0.2, 0.25) is 0 Å². The largest absolute Gasteiger partial charge is 0.462 e. The van der Waals surface area contributed by atoms with E-state index in [1.807, 2.05) is 30.4 Å². The lowest BCUT2D eigenvalue weighted by Gasteiger charge is -2.18. The van der Waals surface area contributed by atoms with E-state index in [1.165, 1.54) is 51.4 Å². The maximum absolute atomic E-state index is 12.8. The van der Waals surface area contributed by atoms with E-state index in [0.717, 1.165) is 116 Å². The molecule has 0 heterocycles. The van der Waals surface area contributed by atoms with Crippen LogP contribution in [-0.2, 0) is 28.6 Å². The Morgan fingerprint density at radius 1 is 0.339 bits per heavy atom. The Hall–Kier alpha value is -3.93. The molecular formula is C56H90O6. The highest BCUT2D eigenvalue weighted by Crippen LogP contribution is 2.13. The fourth-order valence-electron chi connectivity index (χ4n) is 6.39. The summed E-state index contributed by atoms with van der Waals surface area (Å²) in [6, 6.07) is 0. The van der Waals surface area contributed by atoms with Crippen molar-refractivity contribution in [3.8, 4) is 0 Å². The minimum Gasteiger partial charge on any atom is -0.462 e. The molecule has 0 radical (unpaired) electrons. The number of unbranched alkanes of at least 4 members (excludes halogenated alkanes) is 20. The van der Waals surface area contributed by atoms with Crippen LogP contribution >= 0.6 is 0 Å². The average molecular weight is 859 g/mol. The SMILES string of the molecule is CC\C=C/C=C\C=C/CCCCCCCCCC(=O)OC(COC(=O)CCCCCCC\C=C/C=C\C=C/C=C\C=C/CCC)COC(=O)CCCCCCC/C=C\CCCC. The molecule has 0 aromatic rings. The average Bonchev–Trinajstić information content (AvgIpc) is 3.27. The molecule has 0 aliphatic rings. The minimum atomic E-state index is -0.799. The molecule has 6 heteroatoms. The molecule has 0 bridgehead atoms. The second-order valence-corrected chi connectivity index (χ2v) is 16.2. The number of ether oxygens (including phenoxy) is 3. The van der Waals surface area contributed by atoms with Gasteiger partial charge in [-0.3, -0.25) is 14.4 Å². The summed E-state index contributed by atoms with van der Waals surface area (Å²) in [5.74, 6) is -0.953. The van der Waals surface area contributed by atoms with Gasteiger partial charge in [0.1, 0.15) is 13.2 Å². The molecule has 0 aromatic heterocycles. The zero-order chi connectivity index (χ0) is 45.1. The lowest BCUT2D eigenvalue weighted by atomic mass is 10.1. The molecule has 0 fully saturated rings. The van der Waals surface area contributed by atoms with Crippen molar-refractivity contribution in [3.63, 3.8) is 0 Å². The highest BCUT2D eigenvalue weighted by Gasteiger charge is 2.19. The van der Waals surface area contributed by atoms with E-state index >= 15 is 0 Å². The van der Waals surface area contributed by atoms with Crippen molar-refractivity contribution >= 4 is 17.9 Å². The maximum atomic E-state index is 12.8. The van der Waals surface area contributed by atoms with E-state index in [-0.39, 0.29) is 31.1 Å². The Morgan fingerprint density at radius 2 is 0.677 bits per heavy atom. The lowest BCUT2D eigenvalue weighted by Crippen LogP contribution is -2.30. The number of carbonyl (C=O) groups excluding carboxylic acids is 3. The molecule has 0 saturated carbocycles. The minimum absolute atomic E-state index is 0.0983. The standard InChI is InChI=1S/C56H90O6/c1-4-7-10-13-16-19-22-24-26-27-28-30-31-34-37-40-43-46-49-55(58)61-52-53(51-60-54(57)48-45-42-39-36-33-21-18-15-12-9-6-3)62-56(59)50-47-44-41-38-35-32-29-25-23-20-17-14-11-8-5-2/h8,10-11,13-20,22-24,26-28,30,53H,4-7,9,12,21,25,29,31-52H2,1-3H3/b11-8-,13-10-,17-14-,18-15-,19-16-,23-20-,24-22-,27-26-,30-28-. The van der Waals surface area contributed by atoms with Crippen LogP contribution in [0.3, 0.4) is 0 Å². The van der Waals surface area contributed by atoms with Gasteiger partial charge >= 0.3 is 17.9 Å². The van der Waals surface area contributed by atoms with Crippen LogP contribution in [0.5, 0.6) is 0 Å². The monoisotopic (exact) mass is 859 g/mol. The fraction of sp³-hybridized carbons (Fsp3) is 0.625. The summed E-state index contributed by atoms with van der Waals surface area (Å²) in [5.41, 5.74) is 0. The highest BCUT2D eigenvalue weighted by atomic mass is 16.6. The predicted octanol–water partition coefficient (Wildman–Crippen LogP) is 16.4. The number of rotatable bonds is 43. The molecule has 0 saturated heterocycles. The Morgan fingerprint density at radius 3 is 1.10 bits per heavy atom. The van der Waals surface area contributed by atoms with E-state index in [0.29, 0.717) is 19.3 Å². The van der Waals surface area contributed by atoms with Gasteiger partial charge in [-0.1, -0.05) is 220 Å². The summed E-state index contributed by atoms with van der Waals surface area (Å²) in [5, 5.41) is 0. The molecule has 6 nitrogen and oxygen atoms in total. The van der Waals surface area contributed by atoms with Gasteiger partial charge in [0.15, 0.2) is 6.10 Å². The first-order chi connectivity index (χ1) is 30.5. The molecule has 0 aliphatic carbocycles. The third-order valence-corrected chi connectivity index (χ3v) is 10.2. The van der Waals surface area contributed by atoms with E-state index < -0.39 is 6.10 Å². The molecule has 0 spiro atoms. The molecule has 1 atom stereocenters. The van der Waals surface area contributed by atoms with Crippen LogP contribution in [0.15, 0.2) is 109 Å². The molecule has 350 valence electrons. The molecular weight excluding hydrogens is 769 g/mol. The van der Waals surface area contributed by atoms with Gasteiger partial charge < -0.3 is 14.2 Å². The highest BCUT2D eigenvalue weighted by molar-refractivity contribution is 5.71. The van der Waals surface area contributed by atoms with Crippen LogP contribution < -0.4 is 0 Å². The predicted molar refractivity (Wildman–Crippen MR) is 265 cm³/mol. The van der Waals surface area contributed by atoms with Crippen molar-refractivity contribution in [1.82, 2.24) is 0 Å². The first-order valence-corrected chi connectivity index (χ1v) is 25.0. The van der Waals surface area contributed by atoms with Gasteiger partial charge in [-0.15, -0.1) is 0 Å². The molecule has 62 heavy (non-hydrogen) atoms. The quantitative estimate of drug-likeness (QED) is 0.0200. The number of hydrogen-bond acceptors (Lipinski definition) is 6. The van der Waals surface area contributed by atoms with E-state index in [9.17, 15) is 14.4 Å². The van der Waals surface area contributed by atoms with Crippen molar-refractivity contribution in [2.75, 3.05) is 13.2 Å². The van der Waals surface area contributed by atoms with Crippen molar-refractivity contribution in [1.29, 1.82) is 0 Å². The third-order valence-electron chi connectivity index (χ3n) is 10.2. The number of allylic oxidation sites excluding steroid dienone is 18. The van der Waals surface area contributed by atoms with Crippen molar-refractivity contribution in [3.05, 3.63) is 109 Å². The Balaban J connectivity index is 4.47. The van der Waals surface area contributed by atoms with Crippen LogP contribution in [-0.4, -0.2) is 37.2 Å². The summed E-state index contributed by atoms with van der Waals surface area (Å²) in [6.07, 6.45) is 66.3. The zero-order valence-electron chi connectivity index (χ0n) is 39.8. The van der Waals surface area contributed by atoms with Gasteiger partial charge in [-0.05, 0) is 77.0 Å². The zero-order valence-corrected chi connectivity index (χ0v) is 39.8. The van der Waals surface area contributed by atoms with Crippen molar-refractivity contribution < 1.29 is 28.6 Å². The van der Waals surface area contributed by atoms with E-state index in [2.05, 4.69) is 99.8 Å². The molecule has 0 aromatic carbocycles. The molecule has 1 unspecified atom stereocenters. The first-order valence-electron chi connectivity index (χ1n) is 25.0. The molecule has 0 N–H and O–H groups in total. The topological polar surface area (TPSA) is 78.9 Å². The smallest absolute Gasteiger partial charge is 0.306 e. The summed E-state index contributed by atoms with van der Waals surface area (Å²) in [7, 11) is 0. The third kappa shape index (κ3) is 47.1. The van der Waals surface area contributed by atoms with Gasteiger partial charge in [-0.25, -0.2) is 0 Å². The summed E-state index contributed by atoms with van der Waals surface area (Å²) in [6.45, 7) is 6.32. The van der Waals surface area contributed by atoms with Gasteiger partial charge in [0.25, 0.3) is 0 Å². The van der Waals surface area contributed by atoms with Gasteiger partial charge in [-0.2, -0.15) is 0 Å². The molecule has 0 aliphatic heterocycles. The normalized spacial score (nSPS) is 13.0. The summed E-state index contributed by atoms with van der Waals surface area (Å²) in [4.78, 5) is 37.9. The fourth-order valence-corrected chi connectivity index (χ4v) is 6.39. The Bertz CT molecular complexity index is 1310. The molecule has 0 rings (SSSR count). The summed E-state index contributed by atoms with van der Waals surface area (Å²) >= 11 is 0. The lowest BCUT2D eigenvalue weighted by molar-refractivity contribution is -0.167. The van der Waals surface area contributed by atoms with Gasteiger partial charge in [0.2, 0.25) is 0 Å². The van der Waals surface area contributed by atoms with Crippen LogP contribution in [0.25, 0.3) is 0 Å². The molecule has 0 amide bonds. The second kappa shape index (κ2) is 49.7. The van der Waals surface area contributed by atoms with Crippen LogP contribution in [0.4, 0.5) is 0 Å². The van der Waals surface area contributed by atoms with Gasteiger partial charge in [0.05, 0.1) is 0 Å². The number of esters is 3. The van der Waals surface area contributed by atoms with Crippen molar-refractivity contribution in [2.45, 2.75) is 213 Å². The van der Waals surface area contributed by atoms with Crippen LogP contribution in [0.1, 0.15) is 207 Å². The first kappa shape index (κ1) is 58.1. The second-order valence-electron chi connectivity index (χ2n) is 16.2. The van der Waals surface area contributed by atoms with Crippen LogP contribution in [0, 0.1) is 0 Å². The maximum Gasteiger partial charge on any atom is 0.306 e. The van der Waals surface area contributed by atoms with E-state index in [1.54, 1.807) is 0 Å².